The van der Waals surface area contributed by atoms with Gasteiger partial charge in [-0.25, -0.2) is 0 Å². The number of nitriles is 1. The first-order valence-electron chi connectivity index (χ1n) is 6.29. The second-order valence-corrected chi connectivity index (χ2v) is 6.23. The largest absolute Gasteiger partial charge is 0.378 e. The molecule has 0 aromatic heterocycles. The number of carbonyl (C=O) groups is 1. The first kappa shape index (κ1) is 15.0. The van der Waals surface area contributed by atoms with Crippen molar-refractivity contribution in [1.82, 2.24) is 4.90 Å². The van der Waals surface area contributed by atoms with Gasteiger partial charge in [-0.15, -0.1) is 11.8 Å². The summed E-state index contributed by atoms with van der Waals surface area (Å²) < 4.78 is 0. The molecule has 0 spiro atoms. The van der Waals surface area contributed by atoms with Crippen molar-refractivity contribution in [3.05, 3.63) is 28.8 Å². The van der Waals surface area contributed by atoms with Crippen LogP contribution >= 0.6 is 23.4 Å². The highest BCUT2D eigenvalue weighted by molar-refractivity contribution is 8.00. The van der Waals surface area contributed by atoms with Crippen LogP contribution in [-0.4, -0.2) is 37.2 Å². The Hall–Kier alpha value is -1.38. The van der Waals surface area contributed by atoms with E-state index in [1.165, 1.54) is 0 Å². The molecule has 1 aromatic rings. The Bertz CT molecular complexity index is 556. The van der Waals surface area contributed by atoms with E-state index in [2.05, 4.69) is 6.07 Å². The van der Waals surface area contributed by atoms with Crippen LogP contribution in [-0.2, 0) is 4.79 Å². The van der Waals surface area contributed by atoms with Gasteiger partial charge >= 0.3 is 0 Å². The second kappa shape index (κ2) is 6.38. The van der Waals surface area contributed by atoms with E-state index in [1.807, 2.05) is 37.2 Å². The van der Waals surface area contributed by atoms with Crippen molar-refractivity contribution in [1.29, 1.82) is 5.26 Å². The number of benzene rings is 1. The molecule has 1 saturated heterocycles. The Morgan fingerprint density at radius 3 is 2.90 bits per heavy atom. The second-order valence-electron chi connectivity index (χ2n) is 4.76. The number of halogens is 1. The van der Waals surface area contributed by atoms with Crippen molar-refractivity contribution >= 4 is 35.0 Å². The molecule has 1 heterocycles. The van der Waals surface area contributed by atoms with Gasteiger partial charge in [0.2, 0.25) is 5.91 Å². The van der Waals surface area contributed by atoms with E-state index in [4.69, 9.17) is 16.9 Å². The van der Waals surface area contributed by atoms with E-state index in [9.17, 15) is 4.79 Å². The minimum Gasteiger partial charge on any atom is -0.378 e. The molecule has 1 amide bonds. The van der Waals surface area contributed by atoms with E-state index < -0.39 is 0 Å². The van der Waals surface area contributed by atoms with Crippen molar-refractivity contribution in [2.75, 3.05) is 31.3 Å². The number of hydrogen-bond donors (Lipinski definition) is 0. The van der Waals surface area contributed by atoms with Gasteiger partial charge in [0, 0.05) is 36.9 Å². The van der Waals surface area contributed by atoms with Crippen LogP contribution in [0.4, 0.5) is 5.69 Å². The van der Waals surface area contributed by atoms with Crippen LogP contribution in [0.25, 0.3) is 0 Å². The van der Waals surface area contributed by atoms with Gasteiger partial charge in [0.25, 0.3) is 0 Å². The molecular formula is C14H16ClN3OS. The maximum absolute atomic E-state index is 11.9. The van der Waals surface area contributed by atoms with E-state index in [-0.39, 0.29) is 11.3 Å². The molecule has 6 heteroatoms. The van der Waals surface area contributed by atoms with Gasteiger partial charge in [-0.2, -0.15) is 5.26 Å². The Morgan fingerprint density at radius 1 is 1.55 bits per heavy atom. The van der Waals surface area contributed by atoms with Gasteiger partial charge < -0.3 is 9.80 Å². The molecule has 4 nitrogen and oxygen atoms in total. The van der Waals surface area contributed by atoms with Crippen molar-refractivity contribution in [2.24, 2.45) is 0 Å². The van der Waals surface area contributed by atoms with Crippen LogP contribution in [0.2, 0.25) is 5.02 Å². The molecular weight excluding hydrogens is 294 g/mol. The number of hydrogen-bond acceptors (Lipinski definition) is 4. The highest BCUT2D eigenvalue weighted by Crippen LogP contribution is 2.42. The summed E-state index contributed by atoms with van der Waals surface area (Å²) in [5.74, 6) is 0.519. The van der Waals surface area contributed by atoms with Crippen LogP contribution in [0.1, 0.15) is 17.4 Å². The molecule has 1 atom stereocenters. The van der Waals surface area contributed by atoms with Crippen molar-refractivity contribution in [3.8, 4) is 6.07 Å². The van der Waals surface area contributed by atoms with Crippen LogP contribution in [0, 0.1) is 11.3 Å². The number of carbonyl (C=O) groups excluding carboxylic acids is 1. The summed E-state index contributed by atoms with van der Waals surface area (Å²) in [6.45, 7) is 0.457. The molecule has 20 heavy (non-hydrogen) atoms. The monoisotopic (exact) mass is 309 g/mol. The standard InChI is InChI=1S/C14H16ClN3OS/c1-17(2)10-4-5-11(12(15)8-10)14-18(7-3-6-16)13(19)9-20-14/h4-5,8,14H,3,7,9H2,1-2H3. The predicted octanol–water partition coefficient (Wildman–Crippen LogP) is 2.89. The fourth-order valence-electron chi connectivity index (χ4n) is 2.12. The zero-order chi connectivity index (χ0) is 14.7. The van der Waals surface area contributed by atoms with Crippen LogP contribution < -0.4 is 4.90 Å². The lowest BCUT2D eigenvalue weighted by molar-refractivity contribution is -0.127. The lowest BCUT2D eigenvalue weighted by Gasteiger charge is -2.24. The van der Waals surface area contributed by atoms with Gasteiger partial charge in [-0.05, 0) is 12.1 Å². The maximum atomic E-state index is 11.9. The SMILES string of the molecule is CN(C)c1ccc(C2SCC(=O)N2CCC#N)c(Cl)c1. The van der Waals surface area contributed by atoms with E-state index in [1.54, 1.807) is 16.7 Å². The first-order valence-corrected chi connectivity index (χ1v) is 7.72. The molecule has 1 unspecified atom stereocenters. The third-order valence-electron chi connectivity index (χ3n) is 3.20. The Balaban J connectivity index is 2.26. The Labute approximate surface area is 128 Å². The molecule has 1 aliphatic heterocycles. The average molecular weight is 310 g/mol. The van der Waals surface area contributed by atoms with Gasteiger partial charge in [0.1, 0.15) is 5.37 Å². The summed E-state index contributed by atoms with van der Waals surface area (Å²) in [7, 11) is 3.91. The predicted molar refractivity (Wildman–Crippen MR) is 82.9 cm³/mol. The lowest BCUT2D eigenvalue weighted by Crippen LogP contribution is -2.29. The van der Waals surface area contributed by atoms with Crippen LogP contribution in [0.3, 0.4) is 0 Å². The number of thioether (sulfide) groups is 1. The molecule has 1 fully saturated rings. The fourth-order valence-corrected chi connectivity index (χ4v) is 3.72. The normalized spacial score (nSPS) is 18.2. The van der Waals surface area contributed by atoms with Crippen LogP contribution in [0.5, 0.6) is 0 Å². The fraction of sp³-hybridized carbons (Fsp3) is 0.429. The van der Waals surface area contributed by atoms with E-state index >= 15 is 0 Å². The van der Waals surface area contributed by atoms with Crippen molar-refractivity contribution < 1.29 is 4.79 Å². The summed E-state index contributed by atoms with van der Waals surface area (Å²) in [5.41, 5.74) is 1.96. The summed E-state index contributed by atoms with van der Waals surface area (Å²) in [6, 6.07) is 7.95. The van der Waals surface area contributed by atoms with Crippen molar-refractivity contribution in [2.45, 2.75) is 11.8 Å². The maximum Gasteiger partial charge on any atom is 0.233 e. The molecule has 0 bridgehead atoms. The summed E-state index contributed by atoms with van der Waals surface area (Å²) in [6.07, 6.45) is 0.343. The highest BCUT2D eigenvalue weighted by atomic mass is 35.5. The van der Waals surface area contributed by atoms with Gasteiger partial charge in [0.05, 0.1) is 18.2 Å². The van der Waals surface area contributed by atoms with Crippen molar-refractivity contribution in [3.63, 3.8) is 0 Å². The molecule has 2 rings (SSSR count). The van der Waals surface area contributed by atoms with E-state index in [0.717, 1.165) is 11.3 Å². The highest BCUT2D eigenvalue weighted by Gasteiger charge is 2.33. The van der Waals surface area contributed by atoms with Gasteiger partial charge in [-0.1, -0.05) is 17.7 Å². The Morgan fingerprint density at radius 2 is 2.30 bits per heavy atom. The average Bonchev–Trinajstić information content (AvgIpc) is 2.77. The van der Waals surface area contributed by atoms with Gasteiger partial charge in [0.15, 0.2) is 0 Å². The number of rotatable bonds is 4. The third-order valence-corrected chi connectivity index (χ3v) is 4.76. The third kappa shape index (κ3) is 3.02. The smallest absolute Gasteiger partial charge is 0.233 e. The van der Waals surface area contributed by atoms with E-state index in [0.29, 0.717) is 23.7 Å². The zero-order valence-corrected chi connectivity index (χ0v) is 13.0. The minimum atomic E-state index is -0.0837. The summed E-state index contributed by atoms with van der Waals surface area (Å²) >= 11 is 7.92. The van der Waals surface area contributed by atoms with Gasteiger partial charge in [-0.3, -0.25) is 4.79 Å². The summed E-state index contributed by atoms with van der Waals surface area (Å²) in [4.78, 5) is 15.6. The topological polar surface area (TPSA) is 47.3 Å². The lowest BCUT2D eigenvalue weighted by atomic mass is 10.1. The molecule has 0 aliphatic carbocycles. The van der Waals surface area contributed by atoms with Crippen LogP contribution in [0.15, 0.2) is 18.2 Å². The molecule has 0 radical (unpaired) electrons. The number of amides is 1. The quantitative estimate of drug-likeness (QED) is 0.858. The Kier molecular flexibility index (Phi) is 4.79. The molecule has 0 N–H and O–H groups in total. The molecule has 1 aliphatic rings. The molecule has 106 valence electrons. The number of nitrogens with zero attached hydrogens (tertiary/aromatic N) is 3. The zero-order valence-electron chi connectivity index (χ0n) is 11.5. The molecule has 1 aromatic carbocycles. The summed E-state index contributed by atoms with van der Waals surface area (Å²) in [5, 5.41) is 9.27. The minimum absolute atomic E-state index is 0.0722. The first-order chi connectivity index (χ1) is 9.54. The molecule has 0 saturated carbocycles. The number of anilines is 1.